The van der Waals surface area contributed by atoms with Crippen LogP contribution in [0, 0.1) is 24.0 Å². The number of carbonyl (C=O) groups excluding carboxylic acids is 1. The van der Waals surface area contributed by atoms with Crippen molar-refractivity contribution in [3.8, 4) is 5.75 Å². The molecule has 0 unspecified atom stereocenters. The quantitative estimate of drug-likeness (QED) is 0.352. The Morgan fingerprint density at radius 1 is 1.03 bits per heavy atom. The van der Waals surface area contributed by atoms with E-state index in [2.05, 4.69) is 10.0 Å². The summed E-state index contributed by atoms with van der Waals surface area (Å²) in [7, 11) is -2.58. The summed E-state index contributed by atoms with van der Waals surface area (Å²) in [6.45, 7) is 3.41. The van der Waals surface area contributed by atoms with Crippen molar-refractivity contribution in [1.82, 2.24) is 4.72 Å². The minimum atomic E-state index is -4.07. The number of nitro groups is 1. The summed E-state index contributed by atoms with van der Waals surface area (Å²) in [4.78, 5) is 23.8. The highest BCUT2D eigenvalue weighted by atomic mass is 32.2. The third-order valence-electron chi connectivity index (χ3n) is 5.26. The molecule has 0 aromatic heterocycles. The number of hydrogen-bond acceptors (Lipinski definition) is 6. The highest BCUT2D eigenvalue weighted by Crippen LogP contribution is 2.24. The zero-order valence-electron chi connectivity index (χ0n) is 18.9. The Hall–Kier alpha value is -3.76. The van der Waals surface area contributed by atoms with E-state index in [-0.39, 0.29) is 22.7 Å². The fourth-order valence-electron chi connectivity index (χ4n) is 3.39. The van der Waals surface area contributed by atoms with E-state index in [9.17, 15) is 23.3 Å². The minimum absolute atomic E-state index is 0.0109. The highest BCUT2D eigenvalue weighted by molar-refractivity contribution is 7.89. The number of benzene rings is 3. The second kappa shape index (κ2) is 10.4. The van der Waals surface area contributed by atoms with Crippen molar-refractivity contribution in [1.29, 1.82) is 0 Å². The van der Waals surface area contributed by atoms with E-state index < -0.39 is 26.9 Å². The van der Waals surface area contributed by atoms with Crippen molar-refractivity contribution >= 4 is 27.3 Å². The first-order chi connectivity index (χ1) is 16.1. The summed E-state index contributed by atoms with van der Waals surface area (Å²) in [6, 6.07) is 16.3. The summed E-state index contributed by atoms with van der Waals surface area (Å²) < 4.78 is 33.9. The summed E-state index contributed by atoms with van der Waals surface area (Å²) in [5.74, 6) is -0.0973. The Bertz CT molecular complexity index is 1310. The van der Waals surface area contributed by atoms with Crippen LogP contribution in [0.15, 0.2) is 71.6 Å². The summed E-state index contributed by atoms with van der Waals surface area (Å²) in [6.07, 6.45) is 0.0784. The minimum Gasteiger partial charge on any atom is -0.496 e. The average Bonchev–Trinajstić information content (AvgIpc) is 2.80. The van der Waals surface area contributed by atoms with Gasteiger partial charge in [0.25, 0.3) is 5.69 Å². The number of nitrogens with zero attached hydrogens (tertiary/aromatic N) is 1. The third kappa shape index (κ3) is 5.97. The van der Waals surface area contributed by atoms with Gasteiger partial charge in [0.1, 0.15) is 11.8 Å². The maximum atomic E-state index is 13.2. The van der Waals surface area contributed by atoms with Crippen LogP contribution in [-0.4, -0.2) is 32.4 Å². The molecule has 0 spiro atoms. The second-order valence-electron chi connectivity index (χ2n) is 7.74. The van der Waals surface area contributed by atoms with Gasteiger partial charge in [0.05, 0.1) is 22.6 Å². The molecule has 0 saturated carbocycles. The van der Waals surface area contributed by atoms with Crippen molar-refractivity contribution in [3.63, 3.8) is 0 Å². The molecule has 0 aliphatic carbocycles. The molecule has 0 aliphatic heterocycles. The van der Waals surface area contributed by atoms with Gasteiger partial charge in [-0.15, -0.1) is 0 Å². The predicted molar refractivity (Wildman–Crippen MR) is 128 cm³/mol. The van der Waals surface area contributed by atoms with Crippen LogP contribution in [0.4, 0.5) is 11.4 Å². The lowest BCUT2D eigenvalue weighted by atomic mass is 10.1. The molecule has 10 heteroatoms. The lowest BCUT2D eigenvalue weighted by molar-refractivity contribution is -0.384. The molecule has 0 radical (unpaired) electrons. The molecule has 9 nitrogen and oxygen atoms in total. The number of ether oxygens (including phenoxy) is 1. The van der Waals surface area contributed by atoms with E-state index in [0.29, 0.717) is 16.9 Å². The van der Waals surface area contributed by atoms with E-state index >= 15 is 0 Å². The molecule has 3 aromatic rings. The number of methoxy groups -OCH3 is 1. The number of anilines is 1. The topological polar surface area (TPSA) is 128 Å². The molecule has 0 heterocycles. The first-order valence-corrected chi connectivity index (χ1v) is 11.9. The molecule has 3 rings (SSSR count). The first-order valence-electron chi connectivity index (χ1n) is 10.4. The summed E-state index contributed by atoms with van der Waals surface area (Å²) >= 11 is 0. The molecule has 0 bridgehead atoms. The molecular weight excluding hydrogens is 458 g/mol. The van der Waals surface area contributed by atoms with Crippen molar-refractivity contribution in [3.05, 3.63) is 93.5 Å². The lowest BCUT2D eigenvalue weighted by Gasteiger charge is -2.20. The van der Waals surface area contributed by atoms with Gasteiger partial charge in [0.2, 0.25) is 15.9 Å². The lowest BCUT2D eigenvalue weighted by Crippen LogP contribution is -2.45. The van der Waals surface area contributed by atoms with Crippen LogP contribution in [-0.2, 0) is 21.2 Å². The largest absolute Gasteiger partial charge is 0.496 e. The van der Waals surface area contributed by atoms with Crippen LogP contribution in [0.3, 0.4) is 0 Å². The number of nitro benzene ring substituents is 1. The van der Waals surface area contributed by atoms with Gasteiger partial charge in [-0.2, -0.15) is 4.72 Å². The smallest absolute Gasteiger partial charge is 0.271 e. The molecule has 0 saturated heterocycles. The van der Waals surface area contributed by atoms with Crippen LogP contribution in [0.2, 0.25) is 0 Å². The first kappa shape index (κ1) is 24.9. The van der Waals surface area contributed by atoms with Gasteiger partial charge in [0, 0.05) is 12.1 Å². The van der Waals surface area contributed by atoms with E-state index in [4.69, 9.17) is 4.74 Å². The Morgan fingerprint density at radius 3 is 2.35 bits per heavy atom. The van der Waals surface area contributed by atoms with Gasteiger partial charge in [-0.3, -0.25) is 14.9 Å². The van der Waals surface area contributed by atoms with Crippen molar-refractivity contribution < 1.29 is 22.9 Å². The number of amides is 1. The maximum absolute atomic E-state index is 13.2. The fraction of sp³-hybridized carbons (Fsp3) is 0.208. The van der Waals surface area contributed by atoms with Crippen LogP contribution in [0.25, 0.3) is 0 Å². The molecule has 0 aliphatic rings. The second-order valence-corrected chi connectivity index (χ2v) is 9.45. The van der Waals surface area contributed by atoms with E-state index in [1.165, 1.54) is 37.4 Å². The molecule has 0 fully saturated rings. The SMILES string of the molecule is COc1ccc(S(=O)(=O)N[C@@H](Cc2ccccc2)C(=O)Nc2cc([N+](=O)[O-])ccc2C)cc1C. The fourth-order valence-corrected chi connectivity index (χ4v) is 4.67. The van der Waals surface area contributed by atoms with Crippen LogP contribution in [0.1, 0.15) is 16.7 Å². The standard InChI is InChI=1S/C24H25N3O6S/c1-16-9-10-19(27(29)30)15-21(16)25-24(28)22(14-18-7-5-4-6-8-18)26-34(31,32)20-11-12-23(33-3)17(2)13-20/h4-13,15,22,26H,14H2,1-3H3,(H,25,28)/t22-/m0/s1. The van der Waals surface area contributed by atoms with Gasteiger partial charge in [-0.25, -0.2) is 8.42 Å². The number of carbonyl (C=O) groups is 1. The van der Waals surface area contributed by atoms with Crippen LogP contribution in [0.5, 0.6) is 5.75 Å². The number of nitrogens with one attached hydrogen (secondary N) is 2. The summed E-state index contributed by atoms with van der Waals surface area (Å²) in [5, 5.41) is 13.8. The van der Waals surface area contributed by atoms with Crippen molar-refractivity contribution in [2.75, 3.05) is 12.4 Å². The van der Waals surface area contributed by atoms with Gasteiger partial charge in [-0.05, 0) is 55.2 Å². The molecule has 2 N–H and O–H groups in total. The van der Waals surface area contributed by atoms with Gasteiger partial charge < -0.3 is 10.1 Å². The molecule has 1 amide bonds. The van der Waals surface area contributed by atoms with Crippen molar-refractivity contribution in [2.24, 2.45) is 0 Å². The van der Waals surface area contributed by atoms with Gasteiger partial charge in [-0.1, -0.05) is 36.4 Å². The monoisotopic (exact) mass is 483 g/mol. The molecular formula is C24H25N3O6S. The summed E-state index contributed by atoms with van der Waals surface area (Å²) in [5.41, 5.74) is 2.02. The normalized spacial score (nSPS) is 12.1. The van der Waals surface area contributed by atoms with Crippen LogP contribution < -0.4 is 14.8 Å². The Labute approximate surface area is 198 Å². The van der Waals surface area contributed by atoms with Crippen molar-refractivity contribution in [2.45, 2.75) is 31.2 Å². The molecule has 1 atom stereocenters. The predicted octanol–water partition coefficient (Wildman–Crippen LogP) is 3.75. The highest BCUT2D eigenvalue weighted by Gasteiger charge is 2.27. The average molecular weight is 484 g/mol. The number of sulfonamides is 1. The number of non-ortho nitro benzene ring substituents is 1. The van der Waals surface area contributed by atoms with Crippen LogP contribution >= 0.6 is 0 Å². The zero-order valence-corrected chi connectivity index (χ0v) is 19.8. The molecule has 3 aromatic carbocycles. The number of rotatable bonds is 9. The molecule has 34 heavy (non-hydrogen) atoms. The van der Waals surface area contributed by atoms with E-state index in [0.717, 1.165) is 5.56 Å². The van der Waals surface area contributed by atoms with E-state index in [1.54, 1.807) is 44.2 Å². The Morgan fingerprint density at radius 2 is 1.74 bits per heavy atom. The molecule has 178 valence electrons. The zero-order chi connectivity index (χ0) is 24.9. The number of aryl methyl sites for hydroxylation is 2. The third-order valence-corrected chi connectivity index (χ3v) is 6.73. The van der Waals surface area contributed by atoms with Gasteiger partial charge in [0.15, 0.2) is 0 Å². The van der Waals surface area contributed by atoms with E-state index in [1.807, 2.05) is 6.07 Å². The number of hydrogen-bond donors (Lipinski definition) is 2. The Balaban J connectivity index is 1.92. The Kier molecular flexibility index (Phi) is 7.64. The maximum Gasteiger partial charge on any atom is 0.271 e. The van der Waals surface area contributed by atoms with Gasteiger partial charge >= 0.3 is 0 Å².